The van der Waals surface area contributed by atoms with Gasteiger partial charge in [-0.25, -0.2) is 13.9 Å². The van der Waals surface area contributed by atoms with Gasteiger partial charge in [0.2, 0.25) is 0 Å². The minimum Gasteiger partial charge on any atom is -0.268 e. The van der Waals surface area contributed by atoms with Crippen molar-refractivity contribution in [2.24, 2.45) is 0 Å². The van der Waals surface area contributed by atoms with Gasteiger partial charge in [-0.3, -0.25) is 4.79 Å². The number of H-pyrrole nitrogens is 1. The molecular formula is C14H12F2N2O. The van der Waals surface area contributed by atoms with Gasteiger partial charge in [-0.2, -0.15) is 5.10 Å². The summed E-state index contributed by atoms with van der Waals surface area (Å²) in [5.74, 6) is -1.05. The molecule has 98 valence electrons. The molecule has 1 N–H and O–H groups in total. The first-order chi connectivity index (χ1) is 9.13. The zero-order chi connectivity index (χ0) is 13.4. The number of rotatable bonds is 2. The third-order valence-electron chi connectivity index (χ3n) is 3.50. The molecule has 0 atom stereocenters. The first-order valence-electron chi connectivity index (χ1n) is 6.19. The summed E-state index contributed by atoms with van der Waals surface area (Å²) >= 11 is 0. The van der Waals surface area contributed by atoms with Gasteiger partial charge >= 0.3 is 0 Å². The zero-order valence-electron chi connectivity index (χ0n) is 10.1. The number of nitrogens with one attached hydrogen (secondary N) is 1. The van der Waals surface area contributed by atoms with Crippen LogP contribution in [0, 0.1) is 11.6 Å². The summed E-state index contributed by atoms with van der Waals surface area (Å²) in [6.45, 7) is 0. The first kappa shape index (κ1) is 12.0. The number of aromatic nitrogens is 2. The molecule has 0 radical (unpaired) electrons. The standard InChI is InChI=1S/C14H12F2N2O/c15-10-4-9(5-11(16)6-10)12-7-13(19)17-18-14(12)8-2-1-3-8/h4-8H,1-3H2,(H,17,19). The highest BCUT2D eigenvalue weighted by Crippen LogP contribution is 2.39. The van der Waals surface area contributed by atoms with E-state index in [9.17, 15) is 13.6 Å². The Labute approximate surface area is 108 Å². The van der Waals surface area contributed by atoms with Crippen molar-refractivity contribution in [2.75, 3.05) is 0 Å². The van der Waals surface area contributed by atoms with E-state index in [2.05, 4.69) is 10.2 Å². The zero-order valence-corrected chi connectivity index (χ0v) is 10.1. The maximum Gasteiger partial charge on any atom is 0.264 e. The molecule has 1 aromatic heterocycles. The van der Waals surface area contributed by atoms with Crippen LogP contribution in [0.4, 0.5) is 8.78 Å². The Kier molecular flexibility index (Phi) is 2.89. The molecule has 0 unspecified atom stereocenters. The third kappa shape index (κ3) is 2.28. The molecule has 3 nitrogen and oxygen atoms in total. The van der Waals surface area contributed by atoms with E-state index in [0.29, 0.717) is 11.1 Å². The summed E-state index contributed by atoms with van der Waals surface area (Å²) in [5, 5.41) is 6.45. The molecule has 1 aromatic carbocycles. The van der Waals surface area contributed by atoms with Crippen molar-refractivity contribution >= 4 is 0 Å². The molecule has 0 bridgehead atoms. The molecule has 0 saturated heterocycles. The van der Waals surface area contributed by atoms with Crippen LogP contribution in [0.1, 0.15) is 30.9 Å². The second kappa shape index (κ2) is 4.57. The molecule has 2 aromatic rings. The van der Waals surface area contributed by atoms with E-state index in [4.69, 9.17) is 0 Å². The number of benzene rings is 1. The maximum atomic E-state index is 13.3. The Morgan fingerprint density at radius 3 is 2.37 bits per heavy atom. The van der Waals surface area contributed by atoms with Crippen LogP contribution in [0.3, 0.4) is 0 Å². The maximum absolute atomic E-state index is 13.3. The van der Waals surface area contributed by atoms with Crippen molar-refractivity contribution in [3.05, 3.63) is 51.9 Å². The van der Waals surface area contributed by atoms with Crippen LogP contribution in [0.5, 0.6) is 0 Å². The molecule has 3 rings (SSSR count). The second-order valence-electron chi connectivity index (χ2n) is 4.82. The lowest BCUT2D eigenvalue weighted by Crippen LogP contribution is -2.17. The third-order valence-corrected chi connectivity index (χ3v) is 3.50. The number of hydrogen-bond acceptors (Lipinski definition) is 2. The molecule has 0 amide bonds. The van der Waals surface area contributed by atoms with Gasteiger partial charge < -0.3 is 0 Å². The van der Waals surface area contributed by atoms with Crippen molar-refractivity contribution in [1.29, 1.82) is 0 Å². The average Bonchev–Trinajstić information content (AvgIpc) is 2.27. The van der Waals surface area contributed by atoms with Crippen molar-refractivity contribution in [2.45, 2.75) is 25.2 Å². The summed E-state index contributed by atoms with van der Waals surface area (Å²) in [7, 11) is 0. The van der Waals surface area contributed by atoms with Gasteiger partial charge in [0.1, 0.15) is 11.6 Å². The SMILES string of the molecule is O=c1cc(-c2cc(F)cc(F)c2)c(C2CCC2)n[nH]1. The van der Waals surface area contributed by atoms with Crippen molar-refractivity contribution in [3.8, 4) is 11.1 Å². The topological polar surface area (TPSA) is 45.8 Å². The van der Waals surface area contributed by atoms with Gasteiger partial charge in [0, 0.05) is 23.6 Å². The average molecular weight is 262 g/mol. The number of hydrogen-bond donors (Lipinski definition) is 1. The molecule has 1 fully saturated rings. The van der Waals surface area contributed by atoms with Crippen molar-refractivity contribution in [1.82, 2.24) is 10.2 Å². The van der Waals surface area contributed by atoms with Crippen LogP contribution >= 0.6 is 0 Å². The van der Waals surface area contributed by atoms with Crippen LogP contribution in [-0.2, 0) is 0 Å². The largest absolute Gasteiger partial charge is 0.268 e. The van der Waals surface area contributed by atoms with Gasteiger partial charge in [-0.1, -0.05) is 6.42 Å². The Morgan fingerprint density at radius 2 is 1.79 bits per heavy atom. The highest BCUT2D eigenvalue weighted by atomic mass is 19.1. The molecule has 1 aliphatic rings. The summed E-state index contributed by atoms with van der Waals surface area (Å²) in [6.07, 6.45) is 3.09. The Hall–Kier alpha value is -2.04. The number of aromatic amines is 1. The van der Waals surface area contributed by atoms with E-state index in [1.165, 1.54) is 18.2 Å². The Morgan fingerprint density at radius 1 is 1.11 bits per heavy atom. The summed E-state index contributed by atoms with van der Waals surface area (Å²) in [4.78, 5) is 11.4. The fourth-order valence-electron chi connectivity index (χ4n) is 2.35. The van der Waals surface area contributed by atoms with Crippen LogP contribution in [0.2, 0.25) is 0 Å². The van der Waals surface area contributed by atoms with Crippen LogP contribution < -0.4 is 5.56 Å². The van der Waals surface area contributed by atoms with E-state index in [1.54, 1.807) is 0 Å². The first-order valence-corrected chi connectivity index (χ1v) is 6.19. The van der Waals surface area contributed by atoms with E-state index < -0.39 is 11.6 Å². The lowest BCUT2D eigenvalue weighted by molar-refractivity contribution is 0.408. The van der Waals surface area contributed by atoms with E-state index in [1.807, 2.05) is 0 Å². The lowest BCUT2D eigenvalue weighted by atomic mass is 9.80. The predicted molar refractivity (Wildman–Crippen MR) is 66.8 cm³/mol. The molecular weight excluding hydrogens is 250 g/mol. The molecule has 1 heterocycles. The smallest absolute Gasteiger partial charge is 0.264 e. The quantitative estimate of drug-likeness (QED) is 0.904. The highest BCUT2D eigenvalue weighted by Gasteiger charge is 2.25. The normalized spacial score (nSPS) is 15.3. The van der Waals surface area contributed by atoms with Crippen molar-refractivity contribution < 1.29 is 8.78 Å². The van der Waals surface area contributed by atoms with Gasteiger partial charge in [-0.15, -0.1) is 0 Å². The number of halogens is 2. The van der Waals surface area contributed by atoms with E-state index in [-0.39, 0.29) is 11.5 Å². The van der Waals surface area contributed by atoms with E-state index in [0.717, 1.165) is 31.0 Å². The summed E-state index contributed by atoms with van der Waals surface area (Å²) < 4.78 is 26.6. The van der Waals surface area contributed by atoms with Crippen LogP contribution in [0.25, 0.3) is 11.1 Å². The molecule has 0 spiro atoms. The van der Waals surface area contributed by atoms with Crippen LogP contribution in [-0.4, -0.2) is 10.2 Å². The molecule has 0 aliphatic heterocycles. The van der Waals surface area contributed by atoms with Crippen molar-refractivity contribution in [3.63, 3.8) is 0 Å². The molecule has 5 heteroatoms. The van der Waals surface area contributed by atoms with Gasteiger partial charge in [-0.05, 0) is 30.5 Å². The fourth-order valence-corrected chi connectivity index (χ4v) is 2.35. The molecule has 1 saturated carbocycles. The molecule has 1 aliphatic carbocycles. The van der Waals surface area contributed by atoms with Gasteiger partial charge in [0.05, 0.1) is 5.69 Å². The predicted octanol–water partition coefficient (Wildman–Crippen LogP) is 2.98. The molecule has 19 heavy (non-hydrogen) atoms. The second-order valence-corrected chi connectivity index (χ2v) is 4.82. The van der Waals surface area contributed by atoms with Gasteiger partial charge in [0.15, 0.2) is 0 Å². The lowest BCUT2D eigenvalue weighted by Gasteiger charge is -2.26. The van der Waals surface area contributed by atoms with Gasteiger partial charge in [0.25, 0.3) is 5.56 Å². The summed E-state index contributed by atoms with van der Waals surface area (Å²) in [6, 6.07) is 4.62. The minimum atomic E-state index is -0.658. The van der Waals surface area contributed by atoms with E-state index >= 15 is 0 Å². The fraction of sp³-hybridized carbons (Fsp3) is 0.286. The Balaban J connectivity index is 2.16. The Bertz CT molecular complexity index is 657. The summed E-state index contributed by atoms with van der Waals surface area (Å²) in [5.41, 5.74) is 1.23. The van der Waals surface area contributed by atoms with Crippen LogP contribution in [0.15, 0.2) is 29.1 Å². The monoisotopic (exact) mass is 262 g/mol. The highest BCUT2D eigenvalue weighted by molar-refractivity contribution is 5.66. The minimum absolute atomic E-state index is 0.262. The number of nitrogens with zero attached hydrogens (tertiary/aromatic N) is 1.